The van der Waals surface area contributed by atoms with Crippen molar-refractivity contribution in [1.82, 2.24) is 25.4 Å². The normalized spacial score (nSPS) is 16.7. The Hall–Kier alpha value is -2.20. The van der Waals surface area contributed by atoms with Gasteiger partial charge in [-0.15, -0.1) is 0 Å². The van der Waals surface area contributed by atoms with Crippen LogP contribution in [0.5, 0.6) is 11.6 Å². The third kappa shape index (κ3) is 7.28. The number of hydrogen-bond donors (Lipinski definition) is 2. The molecule has 1 aromatic heterocycles. The maximum atomic E-state index is 10.2. The van der Waals surface area contributed by atoms with E-state index >= 15 is 0 Å². The van der Waals surface area contributed by atoms with Gasteiger partial charge in [0.2, 0.25) is 0 Å². The van der Waals surface area contributed by atoms with Crippen LogP contribution in [0.4, 0.5) is 0 Å². The van der Waals surface area contributed by atoms with Gasteiger partial charge in [0.25, 0.3) is 5.88 Å². The lowest BCUT2D eigenvalue weighted by atomic mass is 10.2. The van der Waals surface area contributed by atoms with Gasteiger partial charge in [0, 0.05) is 45.8 Å². The van der Waals surface area contributed by atoms with Crippen molar-refractivity contribution in [2.24, 2.45) is 0 Å². The van der Waals surface area contributed by atoms with Gasteiger partial charge in [-0.25, -0.2) is 4.63 Å². The van der Waals surface area contributed by atoms with E-state index in [1.165, 1.54) is 0 Å². The van der Waals surface area contributed by atoms with Gasteiger partial charge < -0.3 is 24.8 Å². The molecule has 2 heterocycles. The molecule has 1 saturated heterocycles. The second kappa shape index (κ2) is 11.1. The van der Waals surface area contributed by atoms with Crippen LogP contribution in [0.25, 0.3) is 0 Å². The van der Waals surface area contributed by atoms with Crippen LogP contribution in [-0.4, -0.2) is 90.9 Å². The number of ether oxygens (including phenoxy) is 2. The number of aliphatic hydroxyl groups excluding tert-OH is 1. The zero-order valence-electron chi connectivity index (χ0n) is 17.2. The molecule has 9 nitrogen and oxygen atoms in total. The molecule has 9 heteroatoms. The zero-order chi connectivity index (χ0) is 20.5. The van der Waals surface area contributed by atoms with Gasteiger partial charge in [0.15, 0.2) is 0 Å². The number of aliphatic hydroxyl groups is 1. The number of rotatable bonds is 11. The highest BCUT2D eigenvalue weighted by atomic mass is 16.6. The van der Waals surface area contributed by atoms with Crippen LogP contribution in [0.3, 0.4) is 0 Å². The van der Waals surface area contributed by atoms with Gasteiger partial charge in [-0.05, 0) is 36.8 Å². The lowest BCUT2D eigenvalue weighted by Crippen LogP contribution is -2.47. The predicted molar refractivity (Wildman–Crippen MR) is 108 cm³/mol. The molecule has 1 aliphatic heterocycles. The summed E-state index contributed by atoms with van der Waals surface area (Å²) in [6.45, 7) is 8.73. The number of nitrogens with zero attached hydrogens (tertiary/aromatic N) is 4. The fourth-order valence-electron chi connectivity index (χ4n) is 3.08. The molecule has 1 aliphatic rings. The summed E-state index contributed by atoms with van der Waals surface area (Å²) < 4.78 is 15.8. The first-order chi connectivity index (χ1) is 14.1. The van der Waals surface area contributed by atoms with Gasteiger partial charge in [-0.2, -0.15) is 0 Å². The Balaban J connectivity index is 1.28. The van der Waals surface area contributed by atoms with Gasteiger partial charge in [-0.1, -0.05) is 17.3 Å². The minimum atomic E-state index is -0.483. The third-order valence-corrected chi connectivity index (χ3v) is 4.89. The van der Waals surface area contributed by atoms with Crippen LogP contribution in [-0.2, 0) is 6.54 Å². The molecule has 0 aliphatic carbocycles. The van der Waals surface area contributed by atoms with Crippen molar-refractivity contribution in [2.45, 2.75) is 19.6 Å². The minimum Gasteiger partial charge on any atom is -0.491 e. The van der Waals surface area contributed by atoms with Crippen molar-refractivity contribution >= 4 is 0 Å². The SMILES string of the molecule is Cc1nonc1OCCNCc1ccc(OCC(O)CN2CCN(C)CC2)cc1. The number of piperazine rings is 1. The number of hydrogen-bond acceptors (Lipinski definition) is 9. The number of β-amino-alcohol motifs (C(OH)–C–C–N with tert-alkyl or cyclic N) is 1. The van der Waals surface area contributed by atoms with Crippen LogP contribution in [0.1, 0.15) is 11.3 Å². The van der Waals surface area contributed by atoms with E-state index in [9.17, 15) is 5.11 Å². The highest BCUT2D eigenvalue weighted by Crippen LogP contribution is 2.13. The molecule has 0 radical (unpaired) electrons. The number of aryl methyl sites for hydroxylation is 1. The van der Waals surface area contributed by atoms with E-state index < -0.39 is 6.10 Å². The molecule has 1 aromatic carbocycles. The van der Waals surface area contributed by atoms with Gasteiger partial charge in [0.1, 0.15) is 30.8 Å². The molecular formula is C20H31N5O4. The zero-order valence-corrected chi connectivity index (χ0v) is 17.2. The average molecular weight is 405 g/mol. The van der Waals surface area contributed by atoms with E-state index in [1.54, 1.807) is 6.92 Å². The van der Waals surface area contributed by atoms with E-state index in [1.807, 2.05) is 24.3 Å². The quantitative estimate of drug-likeness (QED) is 0.519. The molecule has 0 saturated carbocycles. The molecule has 2 N–H and O–H groups in total. The first-order valence-electron chi connectivity index (χ1n) is 10.0. The molecule has 1 unspecified atom stereocenters. The van der Waals surface area contributed by atoms with E-state index in [4.69, 9.17) is 9.47 Å². The monoisotopic (exact) mass is 405 g/mol. The largest absolute Gasteiger partial charge is 0.491 e. The predicted octanol–water partition coefficient (Wildman–Crippen LogP) is 0.534. The first-order valence-corrected chi connectivity index (χ1v) is 10.0. The molecule has 0 bridgehead atoms. The summed E-state index contributed by atoms with van der Waals surface area (Å²) in [4.78, 5) is 4.59. The molecule has 29 heavy (non-hydrogen) atoms. The molecule has 2 aromatic rings. The highest BCUT2D eigenvalue weighted by Gasteiger charge is 2.17. The minimum absolute atomic E-state index is 0.303. The maximum absolute atomic E-state index is 10.2. The van der Waals surface area contributed by atoms with E-state index in [2.05, 4.69) is 37.1 Å². The van der Waals surface area contributed by atoms with Crippen molar-refractivity contribution in [3.63, 3.8) is 0 Å². The highest BCUT2D eigenvalue weighted by molar-refractivity contribution is 5.27. The Labute approximate surface area is 171 Å². The van der Waals surface area contributed by atoms with Crippen LogP contribution in [0, 0.1) is 6.92 Å². The fourth-order valence-corrected chi connectivity index (χ4v) is 3.08. The standard InChI is InChI=1S/C20H31N5O4/c1-16-20(23-29-22-16)27-12-7-21-13-17-3-5-19(6-4-17)28-15-18(26)14-25-10-8-24(2)9-11-25/h3-6,18,21,26H,7-15H2,1-2H3. The van der Waals surface area contributed by atoms with Crippen molar-refractivity contribution < 1.29 is 19.2 Å². The number of likely N-dealkylation sites (N-methyl/N-ethyl adjacent to an activating group) is 1. The first kappa shape index (κ1) is 21.5. The summed E-state index contributed by atoms with van der Waals surface area (Å²) in [7, 11) is 2.13. The Morgan fingerprint density at radius 2 is 1.90 bits per heavy atom. The summed E-state index contributed by atoms with van der Waals surface area (Å²) >= 11 is 0. The molecule has 160 valence electrons. The average Bonchev–Trinajstić information content (AvgIpc) is 3.13. The smallest absolute Gasteiger partial charge is 0.278 e. The molecular weight excluding hydrogens is 374 g/mol. The van der Waals surface area contributed by atoms with Gasteiger partial charge in [0.05, 0.1) is 0 Å². The van der Waals surface area contributed by atoms with Crippen LogP contribution in [0.2, 0.25) is 0 Å². The maximum Gasteiger partial charge on any atom is 0.278 e. The van der Waals surface area contributed by atoms with E-state index in [0.29, 0.717) is 37.9 Å². The summed E-state index contributed by atoms with van der Waals surface area (Å²) in [6, 6.07) is 7.89. The van der Waals surface area contributed by atoms with Crippen LogP contribution in [0.15, 0.2) is 28.9 Å². The number of aromatic nitrogens is 2. The summed E-state index contributed by atoms with van der Waals surface area (Å²) in [5.41, 5.74) is 1.80. The van der Waals surface area contributed by atoms with E-state index in [-0.39, 0.29) is 0 Å². The van der Waals surface area contributed by atoms with Crippen molar-refractivity contribution in [3.05, 3.63) is 35.5 Å². The Kier molecular flexibility index (Phi) is 8.24. The Morgan fingerprint density at radius 3 is 2.59 bits per heavy atom. The van der Waals surface area contributed by atoms with Crippen LogP contribution < -0.4 is 14.8 Å². The van der Waals surface area contributed by atoms with E-state index in [0.717, 1.165) is 44.0 Å². The third-order valence-electron chi connectivity index (χ3n) is 4.89. The second-order valence-corrected chi connectivity index (χ2v) is 7.39. The van der Waals surface area contributed by atoms with Gasteiger partial charge >= 0.3 is 0 Å². The van der Waals surface area contributed by atoms with Crippen molar-refractivity contribution in [1.29, 1.82) is 0 Å². The Morgan fingerprint density at radius 1 is 1.14 bits per heavy atom. The number of nitrogens with one attached hydrogen (secondary N) is 1. The number of benzene rings is 1. The van der Waals surface area contributed by atoms with Crippen molar-refractivity contribution in [3.8, 4) is 11.6 Å². The molecule has 0 amide bonds. The lowest BCUT2D eigenvalue weighted by Gasteiger charge is -2.33. The summed E-state index contributed by atoms with van der Waals surface area (Å²) in [5.74, 6) is 1.20. The second-order valence-electron chi connectivity index (χ2n) is 7.39. The van der Waals surface area contributed by atoms with Gasteiger partial charge in [-0.3, -0.25) is 4.90 Å². The lowest BCUT2D eigenvalue weighted by molar-refractivity contribution is 0.0505. The Bertz CT molecular complexity index is 716. The topological polar surface area (TPSA) is 96.1 Å². The molecule has 1 fully saturated rings. The molecule has 0 spiro atoms. The van der Waals surface area contributed by atoms with Crippen molar-refractivity contribution in [2.75, 3.05) is 59.5 Å². The summed E-state index contributed by atoms with van der Waals surface area (Å²) in [5, 5.41) is 20.9. The molecule has 3 rings (SSSR count). The van der Waals surface area contributed by atoms with Crippen LogP contribution >= 0.6 is 0 Å². The molecule has 1 atom stereocenters. The summed E-state index contributed by atoms with van der Waals surface area (Å²) in [6.07, 6.45) is -0.483. The fraction of sp³-hybridized carbons (Fsp3) is 0.600.